The number of carbonyl (C=O) groups excluding carboxylic acids is 1. The van der Waals surface area contributed by atoms with Crippen molar-refractivity contribution < 1.29 is 4.79 Å². The lowest BCUT2D eigenvalue weighted by atomic mass is 9.79. The van der Waals surface area contributed by atoms with Gasteiger partial charge in [0.15, 0.2) is 0 Å². The van der Waals surface area contributed by atoms with Crippen LogP contribution in [0.1, 0.15) is 38.3 Å². The van der Waals surface area contributed by atoms with Gasteiger partial charge in [0.2, 0.25) is 5.91 Å². The third-order valence-electron chi connectivity index (χ3n) is 6.73. The Balaban J connectivity index is 1.59. The van der Waals surface area contributed by atoms with Crippen molar-refractivity contribution in [1.82, 2.24) is 14.8 Å². The van der Waals surface area contributed by atoms with Crippen LogP contribution in [0, 0.1) is 5.92 Å². The van der Waals surface area contributed by atoms with Crippen LogP contribution in [-0.2, 0) is 11.2 Å². The number of fused-ring (bicyclic) bond motifs is 2. The van der Waals surface area contributed by atoms with Crippen LogP contribution < -0.4 is 0 Å². The van der Waals surface area contributed by atoms with Gasteiger partial charge in [0.05, 0.1) is 5.92 Å². The fourth-order valence-electron chi connectivity index (χ4n) is 5.47. The molecule has 0 spiro atoms. The molecule has 3 heterocycles. The van der Waals surface area contributed by atoms with E-state index in [2.05, 4.69) is 66.0 Å². The van der Waals surface area contributed by atoms with Gasteiger partial charge in [-0.25, -0.2) is 0 Å². The highest BCUT2D eigenvalue weighted by atomic mass is 16.2. The van der Waals surface area contributed by atoms with E-state index in [1.807, 2.05) is 0 Å². The monoisotopic (exact) mass is 349 g/mol. The summed E-state index contributed by atoms with van der Waals surface area (Å²) in [5.74, 6) is 0.287. The first-order chi connectivity index (χ1) is 12.6. The van der Waals surface area contributed by atoms with Crippen molar-refractivity contribution in [3.05, 3.63) is 41.6 Å². The molecule has 4 atom stereocenters. The Morgan fingerprint density at radius 3 is 2.81 bits per heavy atom. The number of hydrogen-bond acceptors (Lipinski definition) is 2. The number of amides is 1. The number of aromatic nitrogens is 1. The standard InChI is InChI=1S/C22H27N3O/c1-4-24-12-16(22(26)25-13(2)8-14(25)3)9-18-17-6-5-7-19-21(17)15(11-23-19)10-20(18)24/h5-7,9,11,13-14,16,20,23H,4,8,10,12H2,1-3H3/t13-,14-,16+,20+/m0/s1. The largest absolute Gasteiger partial charge is 0.361 e. The van der Waals surface area contributed by atoms with Gasteiger partial charge >= 0.3 is 0 Å². The minimum atomic E-state index is -0.0258. The van der Waals surface area contributed by atoms with Crippen LogP contribution in [0.4, 0.5) is 0 Å². The van der Waals surface area contributed by atoms with Gasteiger partial charge in [-0.3, -0.25) is 9.69 Å². The zero-order chi connectivity index (χ0) is 18.0. The van der Waals surface area contributed by atoms with Gasteiger partial charge in [-0.15, -0.1) is 0 Å². The number of benzene rings is 1. The molecule has 0 saturated carbocycles. The van der Waals surface area contributed by atoms with Crippen LogP contribution in [0.3, 0.4) is 0 Å². The maximum Gasteiger partial charge on any atom is 0.231 e. The molecule has 1 aromatic carbocycles. The molecule has 26 heavy (non-hydrogen) atoms. The molecule has 1 fully saturated rings. The lowest BCUT2D eigenvalue weighted by Crippen LogP contribution is -2.59. The van der Waals surface area contributed by atoms with Crippen LogP contribution in [0.2, 0.25) is 0 Å². The Bertz CT molecular complexity index is 903. The van der Waals surface area contributed by atoms with E-state index in [4.69, 9.17) is 0 Å². The van der Waals surface area contributed by atoms with Gasteiger partial charge in [0.25, 0.3) is 0 Å². The number of likely N-dealkylation sites (tertiary alicyclic amines) is 1. The number of H-pyrrole nitrogens is 1. The van der Waals surface area contributed by atoms with Crippen molar-refractivity contribution in [2.45, 2.75) is 51.7 Å². The van der Waals surface area contributed by atoms with Gasteiger partial charge in [0.1, 0.15) is 0 Å². The highest BCUT2D eigenvalue weighted by Gasteiger charge is 2.42. The van der Waals surface area contributed by atoms with E-state index in [-0.39, 0.29) is 5.92 Å². The molecule has 0 bridgehead atoms. The molecule has 1 amide bonds. The zero-order valence-corrected chi connectivity index (χ0v) is 15.8. The summed E-state index contributed by atoms with van der Waals surface area (Å²) in [7, 11) is 0. The number of rotatable bonds is 2. The molecule has 1 saturated heterocycles. The number of nitrogens with zero attached hydrogens (tertiary/aromatic N) is 2. The third kappa shape index (κ3) is 2.14. The molecule has 2 aromatic rings. The average Bonchev–Trinajstić information content (AvgIpc) is 3.05. The molecular weight excluding hydrogens is 322 g/mol. The Hall–Kier alpha value is -2.07. The minimum absolute atomic E-state index is 0.0258. The summed E-state index contributed by atoms with van der Waals surface area (Å²) >= 11 is 0. The maximum absolute atomic E-state index is 13.2. The van der Waals surface area contributed by atoms with E-state index in [1.54, 1.807) is 0 Å². The number of carbonyl (C=O) groups is 1. The Morgan fingerprint density at radius 1 is 1.27 bits per heavy atom. The molecule has 4 nitrogen and oxygen atoms in total. The second-order valence-corrected chi connectivity index (χ2v) is 8.26. The quantitative estimate of drug-likeness (QED) is 0.902. The molecule has 0 radical (unpaired) electrons. The average molecular weight is 349 g/mol. The molecule has 1 N–H and O–H groups in total. The van der Waals surface area contributed by atoms with Crippen LogP contribution in [0.25, 0.3) is 16.5 Å². The fraction of sp³-hybridized carbons (Fsp3) is 0.500. The lowest BCUT2D eigenvalue weighted by Gasteiger charge is -2.48. The minimum Gasteiger partial charge on any atom is -0.361 e. The second kappa shape index (κ2) is 5.71. The topological polar surface area (TPSA) is 39.3 Å². The normalized spacial score (nSPS) is 30.7. The van der Waals surface area contributed by atoms with E-state index in [0.29, 0.717) is 24.0 Å². The van der Waals surface area contributed by atoms with Crippen LogP contribution in [0.15, 0.2) is 30.5 Å². The van der Waals surface area contributed by atoms with E-state index in [0.717, 1.165) is 25.9 Å². The molecule has 1 aromatic heterocycles. The third-order valence-corrected chi connectivity index (χ3v) is 6.73. The molecule has 1 aliphatic carbocycles. The molecule has 136 valence electrons. The highest BCUT2D eigenvalue weighted by Crippen LogP contribution is 2.42. The smallest absolute Gasteiger partial charge is 0.231 e. The number of nitrogens with one attached hydrogen (secondary N) is 1. The summed E-state index contributed by atoms with van der Waals surface area (Å²) < 4.78 is 0. The first kappa shape index (κ1) is 16.1. The Morgan fingerprint density at radius 2 is 2.08 bits per heavy atom. The van der Waals surface area contributed by atoms with E-state index >= 15 is 0 Å². The van der Waals surface area contributed by atoms with Gasteiger partial charge in [-0.05, 0) is 56.0 Å². The Kier molecular flexibility index (Phi) is 3.54. The summed E-state index contributed by atoms with van der Waals surface area (Å²) in [5.41, 5.74) is 5.29. The van der Waals surface area contributed by atoms with Gasteiger partial charge in [-0.1, -0.05) is 25.1 Å². The van der Waals surface area contributed by atoms with E-state index < -0.39 is 0 Å². The number of aromatic amines is 1. The van der Waals surface area contributed by atoms with Crippen LogP contribution in [-0.4, -0.2) is 51.9 Å². The molecule has 5 rings (SSSR count). The van der Waals surface area contributed by atoms with Crippen molar-refractivity contribution in [1.29, 1.82) is 0 Å². The summed E-state index contributed by atoms with van der Waals surface area (Å²) in [4.78, 5) is 21.2. The van der Waals surface area contributed by atoms with Crippen molar-refractivity contribution in [3.63, 3.8) is 0 Å². The first-order valence-corrected chi connectivity index (χ1v) is 9.95. The van der Waals surface area contributed by atoms with Crippen molar-refractivity contribution in [2.24, 2.45) is 5.92 Å². The number of hydrogen-bond donors (Lipinski definition) is 1. The summed E-state index contributed by atoms with van der Waals surface area (Å²) in [6, 6.07) is 7.67. The maximum atomic E-state index is 13.2. The second-order valence-electron chi connectivity index (χ2n) is 8.26. The summed E-state index contributed by atoms with van der Waals surface area (Å²) in [5, 5.41) is 1.35. The molecule has 3 aliphatic rings. The van der Waals surface area contributed by atoms with E-state index in [9.17, 15) is 4.79 Å². The molecule has 2 aliphatic heterocycles. The molecule has 4 heteroatoms. The molecule has 0 unspecified atom stereocenters. The van der Waals surface area contributed by atoms with Crippen molar-refractivity contribution >= 4 is 22.4 Å². The van der Waals surface area contributed by atoms with Crippen LogP contribution >= 0.6 is 0 Å². The van der Waals surface area contributed by atoms with Gasteiger partial charge in [0, 0.05) is 41.8 Å². The summed E-state index contributed by atoms with van der Waals surface area (Å²) in [6.07, 6.45) is 6.62. The predicted octanol–water partition coefficient (Wildman–Crippen LogP) is 3.44. The van der Waals surface area contributed by atoms with Crippen molar-refractivity contribution in [3.8, 4) is 0 Å². The Labute approximate surface area is 154 Å². The van der Waals surface area contributed by atoms with E-state index in [1.165, 1.54) is 27.6 Å². The number of likely N-dealkylation sites (N-methyl/N-ethyl adjacent to an activating group) is 1. The van der Waals surface area contributed by atoms with Crippen LogP contribution in [0.5, 0.6) is 0 Å². The van der Waals surface area contributed by atoms with Gasteiger partial charge < -0.3 is 9.88 Å². The first-order valence-electron chi connectivity index (χ1n) is 9.95. The fourth-order valence-corrected chi connectivity index (χ4v) is 5.47. The summed E-state index contributed by atoms with van der Waals surface area (Å²) in [6.45, 7) is 8.37. The highest BCUT2D eigenvalue weighted by molar-refractivity contribution is 5.99. The van der Waals surface area contributed by atoms with Crippen molar-refractivity contribution in [2.75, 3.05) is 13.1 Å². The van der Waals surface area contributed by atoms with Gasteiger partial charge in [-0.2, -0.15) is 0 Å². The lowest BCUT2D eigenvalue weighted by molar-refractivity contribution is -0.146. The zero-order valence-electron chi connectivity index (χ0n) is 15.8. The SMILES string of the molecule is CCN1C[C@H](C(=O)N2[C@@H](C)C[C@@H]2C)C=C2c3cccc4[nH]cc(c34)C[C@H]21. The molecular formula is C22H27N3O. The predicted molar refractivity (Wildman–Crippen MR) is 105 cm³/mol.